The van der Waals surface area contributed by atoms with Gasteiger partial charge in [-0.2, -0.15) is 0 Å². The van der Waals surface area contributed by atoms with E-state index in [1.165, 1.54) is 0 Å². The zero-order valence-corrected chi connectivity index (χ0v) is 21.8. The van der Waals surface area contributed by atoms with Gasteiger partial charge in [-0.3, -0.25) is 9.59 Å². The van der Waals surface area contributed by atoms with Gasteiger partial charge in [0.25, 0.3) is 0 Å². The maximum Gasteiger partial charge on any atom is 0.224 e. The molecule has 6 heteroatoms. The Labute approximate surface area is 210 Å². The van der Waals surface area contributed by atoms with Crippen LogP contribution in [0.2, 0.25) is 0 Å². The number of nitrogens with one attached hydrogen (secondary N) is 2. The SMILES string of the molecule is CC(C)COc1cccc(NC(=O)CCCCCCCC(=O)Nc2cccc(OCC(C)C)c2)c1. The molecular weight excluding hydrogens is 440 g/mol. The molecule has 0 spiro atoms. The van der Waals surface area contributed by atoms with Gasteiger partial charge in [0.05, 0.1) is 13.2 Å². The number of unbranched alkanes of at least 4 members (excludes halogenated alkanes) is 4. The Hall–Kier alpha value is -3.02. The van der Waals surface area contributed by atoms with E-state index in [2.05, 4.69) is 38.3 Å². The Bertz CT molecular complexity index is 838. The van der Waals surface area contributed by atoms with Crippen LogP contribution in [0.15, 0.2) is 48.5 Å². The highest BCUT2D eigenvalue weighted by Crippen LogP contribution is 2.20. The van der Waals surface area contributed by atoms with Gasteiger partial charge < -0.3 is 20.1 Å². The van der Waals surface area contributed by atoms with Crippen molar-refractivity contribution in [3.05, 3.63) is 48.5 Å². The molecular formula is C29H42N2O4. The zero-order valence-electron chi connectivity index (χ0n) is 21.8. The average molecular weight is 483 g/mol. The van der Waals surface area contributed by atoms with E-state index in [0.717, 1.165) is 55.0 Å². The van der Waals surface area contributed by atoms with Crippen LogP contribution in [-0.4, -0.2) is 25.0 Å². The number of benzene rings is 2. The zero-order chi connectivity index (χ0) is 25.5. The van der Waals surface area contributed by atoms with Crippen LogP contribution in [0, 0.1) is 11.8 Å². The molecule has 0 unspecified atom stereocenters. The molecule has 0 aliphatic carbocycles. The van der Waals surface area contributed by atoms with E-state index in [4.69, 9.17) is 9.47 Å². The summed E-state index contributed by atoms with van der Waals surface area (Å²) < 4.78 is 11.4. The molecule has 0 aliphatic heterocycles. The lowest BCUT2D eigenvalue weighted by Crippen LogP contribution is -2.12. The first-order chi connectivity index (χ1) is 16.8. The van der Waals surface area contributed by atoms with Crippen LogP contribution in [-0.2, 0) is 9.59 Å². The molecule has 0 fully saturated rings. The van der Waals surface area contributed by atoms with Crippen molar-refractivity contribution in [2.24, 2.45) is 11.8 Å². The fraction of sp³-hybridized carbons (Fsp3) is 0.517. The van der Waals surface area contributed by atoms with Gasteiger partial charge in [0.15, 0.2) is 0 Å². The number of carbonyl (C=O) groups is 2. The third kappa shape index (κ3) is 12.9. The topological polar surface area (TPSA) is 76.7 Å². The van der Waals surface area contributed by atoms with Crippen molar-refractivity contribution in [1.82, 2.24) is 0 Å². The van der Waals surface area contributed by atoms with Gasteiger partial charge in [0, 0.05) is 36.3 Å². The van der Waals surface area contributed by atoms with Crippen molar-refractivity contribution in [2.45, 2.75) is 72.6 Å². The van der Waals surface area contributed by atoms with E-state index in [1.54, 1.807) is 0 Å². The molecule has 0 saturated carbocycles. The molecule has 35 heavy (non-hydrogen) atoms. The van der Waals surface area contributed by atoms with Crippen LogP contribution >= 0.6 is 0 Å². The van der Waals surface area contributed by atoms with Crippen molar-refractivity contribution in [1.29, 1.82) is 0 Å². The second kappa shape index (κ2) is 15.8. The number of ether oxygens (including phenoxy) is 2. The van der Waals surface area contributed by atoms with Gasteiger partial charge in [-0.15, -0.1) is 0 Å². The van der Waals surface area contributed by atoms with Crippen LogP contribution in [0.1, 0.15) is 72.6 Å². The first kappa shape index (κ1) is 28.2. The lowest BCUT2D eigenvalue weighted by atomic mass is 10.1. The first-order valence-corrected chi connectivity index (χ1v) is 12.9. The van der Waals surface area contributed by atoms with Crippen molar-refractivity contribution < 1.29 is 19.1 Å². The molecule has 2 N–H and O–H groups in total. The van der Waals surface area contributed by atoms with Crippen LogP contribution < -0.4 is 20.1 Å². The summed E-state index contributed by atoms with van der Waals surface area (Å²) in [6.45, 7) is 9.71. The van der Waals surface area contributed by atoms with Crippen LogP contribution in [0.5, 0.6) is 11.5 Å². The van der Waals surface area contributed by atoms with Crippen LogP contribution in [0.4, 0.5) is 11.4 Å². The fourth-order valence-electron chi connectivity index (χ4n) is 3.40. The quantitative estimate of drug-likeness (QED) is 0.251. The Morgan fingerprint density at radius 3 is 1.46 bits per heavy atom. The Morgan fingerprint density at radius 2 is 1.06 bits per heavy atom. The van der Waals surface area contributed by atoms with E-state index in [1.807, 2.05) is 48.5 Å². The molecule has 2 aromatic rings. The van der Waals surface area contributed by atoms with Gasteiger partial charge in [0.2, 0.25) is 11.8 Å². The number of rotatable bonds is 16. The molecule has 0 bridgehead atoms. The Morgan fingerprint density at radius 1 is 0.657 bits per heavy atom. The summed E-state index contributed by atoms with van der Waals surface area (Å²) in [6, 6.07) is 15.0. The Balaban J connectivity index is 1.55. The molecule has 0 saturated heterocycles. The van der Waals surface area contributed by atoms with Crippen molar-refractivity contribution in [2.75, 3.05) is 23.8 Å². The largest absolute Gasteiger partial charge is 0.493 e. The summed E-state index contributed by atoms with van der Waals surface area (Å²) in [7, 11) is 0. The molecule has 2 aromatic carbocycles. The predicted octanol–water partition coefficient (Wildman–Crippen LogP) is 7.06. The van der Waals surface area contributed by atoms with Gasteiger partial charge in [-0.25, -0.2) is 0 Å². The van der Waals surface area contributed by atoms with Gasteiger partial charge in [-0.05, 0) is 48.9 Å². The van der Waals surface area contributed by atoms with E-state index >= 15 is 0 Å². The minimum atomic E-state index is 0.0185. The molecule has 0 atom stereocenters. The highest BCUT2D eigenvalue weighted by molar-refractivity contribution is 5.91. The highest BCUT2D eigenvalue weighted by atomic mass is 16.5. The molecule has 0 aliphatic rings. The highest BCUT2D eigenvalue weighted by Gasteiger charge is 2.06. The minimum absolute atomic E-state index is 0.0185. The first-order valence-electron chi connectivity index (χ1n) is 12.9. The molecule has 0 radical (unpaired) electrons. The monoisotopic (exact) mass is 482 g/mol. The third-order valence-electron chi connectivity index (χ3n) is 5.21. The normalized spacial score (nSPS) is 10.9. The predicted molar refractivity (Wildman–Crippen MR) is 143 cm³/mol. The number of hydrogen-bond acceptors (Lipinski definition) is 4. The number of amides is 2. The standard InChI is InChI=1S/C29H42N2O4/c1-22(2)20-34-26-14-10-12-24(18-26)30-28(32)16-8-6-5-7-9-17-29(33)31-25-13-11-15-27(19-25)35-21-23(3)4/h10-15,18-19,22-23H,5-9,16-17,20-21H2,1-4H3,(H,30,32)(H,31,33). The molecule has 0 heterocycles. The average Bonchev–Trinajstić information content (AvgIpc) is 2.81. The maximum absolute atomic E-state index is 12.2. The smallest absolute Gasteiger partial charge is 0.224 e. The summed E-state index contributed by atoms with van der Waals surface area (Å²) in [6.07, 6.45) is 5.62. The number of anilines is 2. The van der Waals surface area contributed by atoms with Gasteiger partial charge >= 0.3 is 0 Å². The van der Waals surface area contributed by atoms with Gasteiger partial charge in [-0.1, -0.05) is 59.1 Å². The third-order valence-corrected chi connectivity index (χ3v) is 5.21. The van der Waals surface area contributed by atoms with Crippen molar-refractivity contribution in [3.63, 3.8) is 0 Å². The molecule has 192 valence electrons. The summed E-state index contributed by atoms with van der Waals surface area (Å²) in [5, 5.41) is 5.89. The molecule has 2 amide bonds. The Kier molecular flexibility index (Phi) is 12.7. The second-order valence-corrected chi connectivity index (χ2v) is 9.83. The molecule has 2 rings (SSSR count). The lowest BCUT2D eigenvalue weighted by molar-refractivity contribution is -0.117. The van der Waals surface area contributed by atoms with E-state index in [0.29, 0.717) is 37.9 Å². The summed E-state index contributed by atoms with van der Waals surface area (Å²) in [5.41, 5.74) is 1.53. The summed E-state index contributed by atoms with van der Waals surface area (Å²) >= 11 is 0. The minimum Gasteiger partial charge on any atom is -0.493 e. The van der Waals surface area contributed by atoms with E-state index in [9.17, 15) is 9.59 Å². The molecule has 6 nitrogen and oxygen atoms in total. The van der Waals surface area contributed by atoms with Crippen molar-refractivity contribution in [3.8, 4) is 11.5 Å². The number of carbonyl (C=O) groups excluding carboxylic acids is 2. The van der Waals surface area contributed by atoms with Crippen LogP contribution in [0.3, 0.4) is 0 Å². The number of hydrogen-bond donors (Lipinski definition) is 2. The second-order valence-electron chi connectivity index (χ2n) is 9.83. The summed E-state index contributed by atoms with van der Waals surface area (Å²) in [5.74, 6) is 2.49. The van der Waals surface area contributed by atoms with Gasteiger partial charge in [0.1, 0.15) is 11.5 Å². The van der Waals surface area contributed by atoms with Crippen molar-refractivity contribution >= 4 is 23.2 Å². The van der Waals surface area contributed by atoms with E-state index in [-0.39, 0.29) is 11.8 Å². The lowest BCUT2D eigenvalue weighted by Gasteiger charge is -2.11. The van der Waals surface area contributed by atoms with Crippen LogP contribution in [0.25, 0.3) is 0 Å². The maximum atomic E-state index is 12.2. The fourth-order valence-corrected chi connectivity index (χ4v) is 3.40. The molecule has 0 aromatic heterocycles. The van der Waals surface area contributed by atoms with E-state index < -0.39 is 0 Å². The summed E-state index contributed by atoms with van der Waals surface area (Å²) in [4.78, 5) is 24.5.